The van der Waals surface area contributed by atoms with Crippen LogP contribution in [0, 0.1) is 0 Å². The zero-order valence-electron chi connectivity index (χ0n) is 31.7. The lowest BCUT2D eigenvalue weighted by molar-refractivity contribution is -0.0105. The van der Waals surface area contributed by atoms with Gasteiger partial charge in [0.1, 0.15) is 16.8 Å². The van der Waals surface area contributed by atoms with E-state index in [0.29, 0.717) is 70.1 Å². The van der Waals surface area contributed by atoms with Gasteiger partial charge in [0, 0.05) is 30.8 Å². The Hall–Kier alpha value is -1.12. The van der Waals surface area contributed by atoms with Gasteiger partial charge in [-0.25, -0.2) is 38.4 Å². The Morgan fingerprint density at radius 1 is 0.636 bits per heavy atom. The van der Waals surface area contributed by atoms with Gasteiger partial charge < -0.3 is 34.3 Å². The van der Waals surface area contributed by atoms with Crippen LogP contribution in [-0.2, 0) is 63.2 Å². The van der Waals surface area contributed by atoms with Crippen LogP contribution in [0.2, 0.25) is 0 Å². The summed E-state index contributed by atoms with van der Waals surface area (Å²) in [5, 5.41) is 5.34. The Balaban J connectivity index is 0.979. The lowest BCUT2D eigenvalue weighted by Crippen LogP contribution is -2.33. The van der Waals surface area contributed by atoms with Gasteiger partial charge in [-0.3, -0.25) is 0 Å². The number of hydrogen-bond donors (Lipinski definition) is 3. The Morgan fingerprint density at radius 3 is 1.49 bits per heavy atom. The molecule has 2 aromatic heterocycles. The van der Waals surface area contributed by atoms with Crippen molar-refractivity contribution in [1.29, 1.82) is 0 Å². The molecule has 0 aromatic carbocycles. The summed E-state index contributed by atoms with van der Waals surface area (Å²) < 4.78 is 133. The quantitative estimate of drug-likeness (QED) is 0.116. The van der Waals surface area contributed by atoms with Crippen molar-refractivity contribution >= 4 is 62.2 Å². The van der Waals surface area contributed by atoms with Crippen LogP contribution in [0.5, 0.6) is 0 Å². The lowest BCUT2D eigenvalue weighted by atomic mass is 10.1. The van der Waals surface area contributed by atoms with Crippen molar-refractivity contribution in [3.8, 4) is 0 Å². The second-order valence-electron chi connectivity index (χ2n) is 13.2. The number of thiophene rings is 2. The average Bonchev–Trinajstić information content (AvgIpc) is 3.80. The third-order valence-corrected chi connectivity index (χ3v) is 21.2. The van der Waals surface area contributed by atoms with E-state index < -0.39 is 50.0 Å². The number of sulfone groups is 3. The predicted octanol–water partition coefficient (Wildman–Crippen LogP) is 2.47. The van der Waals surface area contributed by atoms with Gasteiger partial charge in [0.15, 0.2) is 29.5 Å². The van der Waals surface area contributed by atoms with E-state index in [4.69, 9.17) is 23.7 Å². The molecule has 316 valence electrons. The first-order valence-electron chi connectivity index (χ1n) is 18.4. The van der Waals surface area contributed by atoms with Crippen LogP contribution in [0.4, 0.5) is 0 Å². The van der Waals surface area contributed by atoms with Crippen LogP contribution in [0.1, 0.15) is 70.2 Å². The van der Waals surface area contributed by atoms with E-state index in [-0.39, 0.29) is 80.7 Å². The van der Waals surface area contributed by atoms with E-state index in [1.165, 1.54) is 12.1 Å². The highest BCUT2D eigenvalue weighted by atomic mass is 32.3. The maximum atomic E-state index is 13.0. The maximum Gasteiger partial charge on any atom is 0.250 e. The van der Waals surface area contributed by atoms with Crippen molar-refractivity contribution in [2.45, 2.75) is 86.4 Å². The van der Waals surface area contributed by atoms with Gasteiger partial charge in [0.25, 0.3) is 0 Å². The Labute approximate surface area is 334 Å². The topological polar surface area (TPSA) is 219 Å². The standard InChI is InChI=1S/C33H55N3O13S6/c1-5-34-28-20-24(3)53(39,40)32-26(28)22-30(50-32)52(37,38)19-7-9-45-11-13-47-15-17-49-18-16-48-14-12-46-10-8-36-55(43,44)31-23-27-29(35-6-2)21-25(4)54(41,42)33(27)51-31/h22-25,28-29,34-36H,5-21H2,1-4H3/t24-,25-,28-,29-/m0/s1. The smallest absolute Gasteiger partial charge is 0.250 e. The molecule has 4 atom stereocenters. The van der Waals surface area contributed by atoms with Crippen LogP contribution in [0.3, 0.4) is 0 Å². The second kappa shape index (κ2) is 21.2. The summed E-state index contributed by atoms with van der Waals surface area (Å²) in [6.45, 7) is 11.3. The minimum Gasteiger partial charge on any atom is -0.379 e. The number of rotatable bonds is 26. The molecule has 55 heavy (non-hydrogen) atoms. The minimum absolute atomic E-state index is 0.0188. The third kappa shape index (κ3) is 12.4. The molecule has 0 radical (unpaired) electrons. The molecule has 2 aliphatic heterocycles. The summed E-state index contributed by atoms with van der Waals surface area (Å²) in [4.78, 5) is 0. The van der Waals surface area contributed by atoms with E-state index in [1.807, 2.05) is 13.8 Å². The van der Waals surface area contributed by atoms with Gasteiger partial charge in [-0.05, 0) is 63.9 Å². The van der Waals surface area contributed by atoms with Gasteiger partial charge >= 0.3 is 0 Å². The molecule has 0 amide bonds. The summed E-state index contributed by atoms with van der Waals surface area (Å²) >= 11 is 1.62. The van der Waals surface area contributed by atoms with E-state index in [0.717, 1.165) is 22.7 Å². The van der Waals surface area contributed by atoms with Crippen LogP contribution in [0.25, 0.3) is 0 Å². The zero-order chi connectivity index (χ0) is 40.3. The summed E-state index contributed by atoms with van der Waals surface area (Å²) in [5.74, 6) is -0.148. The van der Waals surface area contributed by atoms with Gasteiger partial charge in [-0.15, -0.1) is 22.7 Å². The molecule has 2 aromatic rings. The van der Waals surface area contributed by atoms with E-state index in [1.54, 1.807) is 13.8 Å². The fourth-order valence-corrected chi connectivity index (χ4v) is 16.6. The van der Waals surface area contributed by atoms with Crippen LogP contribution >= 0.6 is 22.7 Å². The average molecular weight is 894 g/mol. The summed E-state index contributed by atoms with van der Waals surface area (Å²) in [6, 6.07) is 2.56. The minimum atomic E-state index is -3.91. The van der Waals surface area contributed by atoms with Crippen molar-refractivity contribution in [3.05, 3.63) is 23.3 Å². The van der Waals surface area contributed by atoms with Gasteiger partial charge in [0.2, 0.25) is 10.0 Å². The largest absolute Gasteiger partial charge is 0.379 e. The molecule has 0 saturated carbocycles. The third-order valence-electron chi connectivity index (χ3n) is 9.07. The molecule has 2 aliphatic rings. The SMILES string of the molecule is CCN[C@H]1C[C@H](C)S(=O)(=O)c2sc(S(=O)(=O)CCCOCCOCCOCCOCCOCCNS(=O)(=O)c3cc4c(s3)S(=O)(=O)[C@@H](C)C[C@@H]4NCC)cc21. The van der Waals surface area contributed by atoms with Crippen molar-refractivity contribution < 1.29 is 57.4 Å². The lowest BCUT2D eigenvalue weighted by Gasteiger charge is -2.27. The van der Waals surface area contributed by atoms with E-state index >= 15 is 0 Å². The number of ether oxygens (including phenoxy) is 5. The monoisotopic (exact) mass is 893 g/mol. The van der Waals surface area contributed by atoms with Gasteiger partial charge in [-0.1, -0.05) is 13.8 Å². The Bertz CT molecular complexity index is 1820. The van der Waals surface area contributed by atoms with Crippen molar-refractivity contribution in [2.75, 3.05) is 91.5 Å². The number of nitrogens with one attached hydrogen (secondary N) is 3. The summed E-state index contributed by atoms with van der Waals surface area (Å²) in [5.41, 5.74) is 1.05. The van der Waals surface area contributed by atoms with Crippen LogP contribution in [0.15, 0.2) is 29.0 Å². The molecule has 0 saturated heterocycles. The molecule has 3 N–H and O–H groups in total. The van der Waals surface area contributed by atoms with Crippen LogP contribution in [-0.4, -0.2) is 136 Å². The second-order valence-corrected chi connectivity index (χ2v) is 24.7. The van der Waals surface area contributed by atoms with Crippen molar-refractivity contribution in [2.24, 2.45) is 0 Å². The van der Waals surface area contributed by atoms with Crippen molar-refractivity contribution in [3.63, 3.8) is 0 Å². The fraction of sp³-hybridized carbons (Fsp3) is 0.758. The first-order chi connectivity index (χ1) is 26.1. The number of hydrogen-bond acceptors (Lipinski definition) is 17. The van der Waals surface area contributed by atoms with E-state index in [9.17, 15) is 33.7 Å². The van der Waals surface area contributed by atoms with Gasteiger partial charge in [-0.2, -0.15) is 0 Å². The maximum absolute atomic E-state index is 13.0. The Kier molecular flexibility index (Phi) is 18.0. The molecule has 4 heterocycles. The molecule has 0 spiro atoms. The molecular formula is C33H55N3O13S6. The summed E-state index contributed by atoms with van der Waals surface area (Å²) in [7, 11) is -14.7. The molecule has 0 bridgehead atoms. The molecule has 22 heteroatoms. The van der Waals surface area contributed by atoms with Crippen molar-refractivity contribution in [1.82, 2.24) is 15.4 Å². The van der Waals surface area contributed by atoms with Crippen LogP contribution < -0.4 is 15.4 Å². The molecule has 0 aliphatic carbocycles. The number of sulfonamides is 1. The van der Waals surface area contributed by atoms with Gasteiger partial charge in [0.05, 0.1) is 75.7 Å². The fourth-order valence-electron chi connectivity index (χ4n) is 6.12. The number of fused-ring (bicyclic) bond motifs is 2. The predicted molar refractivity (Wildman–Crippen MR) is 210 cm³/mol. The summed E-state index contributed by atoms with van der Waals surface area (Å²) in [6.07, 6.45) is 1.06. The zero-order valence-corrected chi connectivity index (χ0v) is 36.6. The Morgan fingerprint density at radius 2 is 1.04 bits per heavy atom. The highest BCUT2D eigenvalue weighted by molar-refractivity contribution is 7.96. The molecule has 4 rings (SSSR count). The first kappa shape index (κ1) is 46.6. The highest BCUT2D eigenvalue weighted by Gasteiger charge is 2.40. The molecule has 16 nitrogen and oxygen atoms in total. The van der Waals surface area contributed by atoms with E-state index in [2.05, 4.69) is 15.4 Å². The highest BCUT2D eigenvalue weighted by Crippen LogP contribution is 2.44. The first-order valence-corrected chi connectivity index (χ1v) is 26.3. The normalized spacial score (nSPS) is 22.0. The molecule has 0 unspecified atom stereocenters. The molecule has 0 fully saturated rings. The molecular weight excluding hydrogens is 839 g/mol.